The second-order valence-corrected chi connectivity index (χ2v) is 5.45. The Hall–Kier alpha value is -0.620. The van der Waals surface area contributed by atoms with Crippen LogP contribution >= 0.6 is 27.7 Å². The number of hydrogen-bond acceptors (Lipinski definition) is 2. The van der Waals surface area contributed by atoms with Gasteiger partial charge in [-0.05, 0) is 37.1 Å². The fraction of sp³-hybridized carbons (Fsp3) is 0.417. The van der Waals surface area contributed by atoms with Gasteiger partial charge in [0.15, 0.2) is 0 Å². The molecule has 0 saturated carbocycles. The maximum atomic E-state index is 12.1. The van der Waals surface area contributed by atoms with Crippen molar-refractivity contribution in [1.82, 2.24) is 0 Å². The molecular formula is C12H14BrF2NOS. The van der Waals surface area contributed by atoms with Crippen molar-refractivity contribution >= 4 is 39.3 Å². The van der Waals surface area contributed by atoms with Crippen LogP contribution in [0.2, 0.25) is 0 Å². The van der Waals surface area contributed by atoms with Gasteiger partial charge in [-0.3, -0.25) is 4.79 Å². The normalized spacial score (nSPS) is 10.7. The van der Waals surface area contributed by atoms with E-state index in [1.54, 1.807) is 24.3 Å². The van der Waals surface area contributed by atoms with Gasteiger partial charge in [-0.1, -0.05) is 27.7 Å². The van der Waals surface area contributed by atoms with E-state index in [2.05, 4.69) is 21.2 Å². The van der Waals surface area contributed by atoms with Crippen molar-refractivity contribution in [3.05, 3.63) is 24.3 Å². The van der Waals surface area contributed by atoms with Crippen LogP contribution in [0.25, 0.3) is 0 Å². The molecule has 0 radical (unpaired) electrons. The molecule has 0 spiro atoms. The number of anilines is 1. The minimum absolute atomic E-state index is 0.0507. The van der Waals surface area contributed by atoms with E-state index in [0.29, 0.717) is 28.8 Å². The first-order valence-corrected chi connectivity index (χ1v) is 7.52. The maximum absolute atomic E-state index is 12.1. The summed E-state index contributed by atoms with van der Waals surface area (Å²) in [4.78, 5) is 12.0. The minimum Gasteiger partial charge on any atom is -0.326 e. The number of halogens is 3. The lowest BCUT2D eigenvalue weighted by Crippen LogP contribution is -2.10. The predicted molar refractivity (Wildman–Crippen MR) is 74.6 cm³/mol. The van der Waals surface area contributed by atoms with Crippen molar-refractivity contribution in [3.8, 4) is 0 Å². The summed E-state index contributed by atoms with van der Waals surface area (Å²) in [5.74, 6) is -2.47. The fourth-order valence-corrected chi connectivity index (χ4v) is 2.22. The van der Waals surface area contributed by atoms with Gasteiger partial charge in [-0.15, -0.1) is 0 Å². The van der Waals surface area contributed by atoms with Gasteiger partial charge in [0.1, 0.15) is 0 Å². The fourth-order valence-electron chi connectivity index (χ4n) is 1.32. The molecule has 0 saturated heterocycles. The summed E-state index contributed by atoms with van der Waals surface area (Å²) in [6.45, 7) is 0. The molecule has 2 nitrogen and oxygen atoms in total. The second-order valence-electron chi connectivity index (χ2n) is 3.60. The molecule has 0 heterocycles. The van der Waals surface area contributed by atoms with Crippen molar-refractivity contribution < 1.29 is 13.6 Å². The molecular weight excluding hydrogens is 324 g/mol. The van der Waals surface area contributed by atoms with E-state index in [9.17, 15) is 13.6 Å². The molecule has 1 amide bonds. The Labute approximate surface area is 118 Å². The average molecular weight is 338 g/mol. The molecule has 0 unspecified atom stereocenters. The van der Waals surface area contributed by atoms with Gasteiger partial charge in [-0.25, -0.2) is 0 Å². The van der Waals surface area contributed by atoms with Crippen LogP contribution in [0.1, 0.15) is 19.3 Å². The quantitative estimate of drug-likeness (QED) is 0.450. The molecule has 0 atom stereocenters. The average Bonchev–Trinajstić information content (AvgIpc) is 2.31. The third-order valence-electron chi connectivity index (χ3n) is 2.15. The number of nitrogens with one attached hydrogen (secondary N) is 1. The van der Waals surface area contributed by atoms with Gasteiger partial charge in [0, 0.05) is 22.3 Å². The lowest BCUT2D eigenvalue weighted by molar-refractivity contribution is -0.116. The van der Waals surface area contributed by atoms with Crippen molar-refractivity contribution in [2.24, 2.45) is 0 Å². The first kappa shape index (κ1) is 15.4. The monoisotopic (exact) mass is 337 g/mol. The Morgan fingerprint density at radius 2 is 1.94 bits per heavy atom. The zero-order valence-corrected chi connectivity index (χ0v) is 12.1. The molecule has 1 N–H and O–H groups in total. The lowest BCUT2D eigenvalue weighted by Gasteiger charge is -2.06. The van der Waals surface area contributed by atoms with Crippen LogP contribution in [-0.4, -0.2) is 17.0 Å². The van der Waals surface area contributed by atoms with Crippen LogP contribution < -0.4 is 5.32 Å². The largest absolute Gasteiger partial charge is 0.326 e. The summed E-state index contributed by atoms with van der Waals surface area (Å²) in [5, 5.41) is 3.62. The van der Waals surface area contributed by atoms with Crippen molar-refractivity contribution in [1.29, 1.82) is 0 Å². The van der Waals surface area contributed by atoms with Crippen molar-refractivity contribution in [2.45, 2.75) is 29.9 Å². The minimum atomic E-state index is -2.42. The van der Waals surface area contributed by atoms with Crippen LogP contribution in [0.5, 0.6) is 0 Å². The highest BCUT2D eigenvalue weighted by atomic mass is 79.9. The Morgan fingerprint density at radius 3 is 2.50 bits per heavy atom. The van der Waals surface area contributed by atoms with Crippen LogP contribution in [0.4, 0.5) is 14.5 Å². The van der Waals surface area contributed by atoms with Gasteiger partial charge in [0.2, 0.25) is 5.91 Å². The SMILES string of the molecule is O=C(CCCCBr)Nc1ccc(SC(F)F)cc1. The molecule has 0 aliphatic rings. The zero-order valence-electron chi connectivity index (χ0n) is 9.67. The topological polar surface area (TPSA) is 29.1 Å². The number of hydrogen-bond donors (Lipinski definition) is 1. The van der Waals surface area contributed by atoms with E-state index in [1.807, 2.05) is 0 Å². The number of carbonyl (C=O) groups excluding carboxylic acids is 1. The van der Waals surface area contributed by atoms with E-state index >= 15 is 0 Å². The smallest absolute Gasteiger partial charge is 0.288 e. The van der Waals surface area contributed by atoms with Gasteiger partial charge < -0.3 is 5.32 Å². The number of alkyl halides is 3. The first-order valence-electron chi connectivity index (χ1n) is 5.52. The lowest BCUT2D eigenvalue weighted by atomic mass is 10.2. The maximum Gasteiger partial charge on any atom is 0.288 e. The molecule has 0 fully saturated rings. The molecule has 0 aliphatic carbocycles. The van der Waals surface area contributed by atoms with Crippen LogP contribution in [0, 0.1) is 0 Å². The van der Waals surface area contributed by atoms with Crippen LogP contribution in [0.15, 0.2) is 29.2 Å². The third-order valence-corrected chi connectivity index (χ3v) is 3.43. The summed E-state index contributed by atoms with van der Waals surface area (Å²) in [6.07, 6.45) is 2.26. The Kier molecular flexibility index (Phi) is 7.27. The standard InChI is InChI=1S/C12H14BrF2NOS/c13-8-2-1-3-11(17)16-9-4-6-10(7-5-9)18-12(14)15/h4-7,12H,1-3,8H2,(H,16,17). The molecule has 0 aromatic heterocycles. The van der Waals surface area contributed by atoms with Crippen molar-refractivity contribution in [2.75, 3.05) is 10.6 Å². The van der Waals surface area contributed by atoms with E-state index in [-0.39, 0.29) is 5.91 Å². The summed E-state index contributed by atoms with van der Waals surface area (Å²) >= 11 is 3.79. The molecule has 100 valence electrons. The van der Waals surface area contributed by atoms with Gasteiger partial charge >= 0.3 is 0 Å². The molecule has 1 aromatic rings. The number of rotatable bonds is 7. The molecule has 0 aliphatic heterocycles. The van der Waals surface area contributed by atoms with Gasteiger partial charge in [-0.2, -0.15) is 8.78 Å². The molecule has 1 rings (SSSR count). The number of benzene rings is 1. The Balaban J connectivity index is 2.40. The summed E-state index contributed by atoms with van der Waals surface area (Å²) in [7, 11) is 0. The van der Waals surface area contributed by atoms with Crippen molar-refractivity contribution in [3.63, 3.8) is 0 Å². The molecule has 18 heavy (non-hydrogen) atoms. The number of amides is 1. The van der Waals surface area contributed by atoms with E-state index in [4.69, 9.17) is 0 Å². The zero-order chi connectivity index (χ0) is 13.4. The summed E-state index contributed by atoms with van der Waals surface area (Å²) in [6, 6.07) is 6.41. The number of thioether (sulfide) groups is 1. The van der Waals surface area contributed by atoms with Gasteiger partial charge in [0.25, 0.3) is 5.76 Å². The van der Waals surface area contributed by atoms with Crippen LogP contribution in [-0.2, 0) is 4.79 Å². The molecule has 0 bridgehead atoms. The van der Waals surface area contributed by atoms with E-state index in [1.165, 1.54) is 0 Å². The number of unbranched alkanes of at least 4 members (excludes halogenated alkanes) is 1. The first-order chi connectivity index (χ1) is 8.61. The molecule has 1 aromatic carbocycles. The highest BCUT2D eigenvalue weighted by Crippen LogP contribution is 2.26. The van der Waals surface area contributed by atoms with E-state index < -0.39 is 5.76 Å². The second kappa shape index (κ2) is 8.48. The van der Waals surface area contributed by atoms with E-state index in [0.717, 1.165) is 18.2 Å². The highest BCUT2D eigenvalue weighted by molar-refractivity contribution is 9.09. The summed E-state index contributed by atoms with van der Waals surface area (Å²) in [5.41, 5.74) is 0.637. The molecule has 6 heteroatoms. The Morgan fingerprint density at radius 1 is 1.28 bits per heavy atom. The Bertz CT molecular complexity index is 373. The van der Waals surface area contributed by atoms with Gasteiger partial charge in [0.05, 0.1) is 0 Å². The summed E-state index contributed by atoms with van der Waals surface area (Å²) < 4.78 is 24.2. The third kappa shape index (κ3) is 6.35. The van der Waals surface area contributed by atoms with Crippen LogP contribution in [0.3, 0.4) is 0 Å². The highest BCUT2D eigenvalue weighted by Gasteiger charge is 2.06. The number of carbonyl (C=O) groups is 1. The predicted octanol–water partition coefficient (Wildman–Crippen LogP) is 4.51.